The van der Waals surface area contributed by atoms with Crippen molar-refractivity contribution in [2.75, 3.05) is 0 Å². The number of hydrogen-bond donors (Lipinski definition) is 1. The van der Waals surface area contributed by atoms with E-state index < -0.39 is 6.36 Å². The Balaban J connectivity index is 2.14. The number of hydrogen-bond acceptors (Lipinski definition) is 4. The second-order valence-electron chi connectivity index (χ2n) is 3.90. The number of aliphatic hydroxyl groups is 1. The predicted octanol–water partition coefficient (Wildman–Crippen LogP) is 4.03. The highest BCUT2D eigenvalue weighted by Crippen LogP contribution is 2.28. The molecule has 0 amide bonds. The van der Waals surface area contributed by atoms with Crippen LogP contribution in [0.15, 0.2) is 41.0 Å². The van der Waals surface area contributed by atoms with Crippen LogP contribution in [0.5, 0.6) is 17.4 Å². The van der Waals surface area contributed by atoms with Crippen LogP contribution >= 0.6 is 15.9 Å². The van der Waals surface area contributed by atoms with Gasteiger partial charge < -0.3 is 14.6 Å². The summed E-state index contributed by atoms with van der Waals surface area (Å²) in [6.45, 7) is -0.281. The number of pyridine rings is 1. The maximum atomic E-state index is 12.0. The van der Waals surface area contributed by atoms with Crippen molar-refractivity contribution in [3.05, 3.63) is 46.6 Å². The Kier molecular flexibility index (Phi) is 4.69. The molecule has 2 rings (SSSR count). The molecule has 4 nitrogen and oxygen atoms in total. The summed E-state index contributed by atoms with van der Waals surface area (Å²) >= 11 is 3.21. The van der Waals surface area contributed by atoms with Gasteiger partial charge in [0.1, 0.15) is 11.5 Å². The molecular weight excluding hydrogens is 355 g/mol. The molecule has 1 aromatic heterocycles. The van der Waals surface area contributed by atoms with E-state index in [0.29, 0.717) is 10.0 Å². The monoisotopic (exact) mass is 363 g/mol. The SMILES string of the molecule is OCc1cc(Br)cnc1Oc1ccc(OC(F)(F)F)cc1. The number of aromatic nitrogens is 1. The van der Waals surface area contributed by atoms with E-state index in [1.165, 1.54) is 18.3 Å². The molecule has 0 fully saturated rings. The Bertz CT molecular complexity index is 617. The van der Waals surface area contributed by atoms with E-state index in [-0.39, 0.29) is 24.0 Å². The Hall–Kier alpha value is -1.80. The molecule has 0 aliphatic carbocycles. The van der Waals surface area contributed by atoms with Crippen LogP contribution in [0.1, 0.15) is 5.56 Å². The zero-order valence-corrected chi connectivity index (χ0v) is 12.0. The number of nitrogens with zero attached hydrogens (tertiary/aromatic N) is 1. The first-order valence-corrected chi connectivity index (χ1v) is 6.45. The lowest BCUT2D eigenvalue weighted by Gasteiger charge is -2.11. The highest BCUT2D eigenvalue weighted by Gasteiger charge is 2.30. The third-order valence-corrected chi connectivity index (χ3v) is 2.77. The highest BCUT2D eigenvalue weighted by molar-refractivity contribution is 9.10. The molecule has 0 aliphatic rings. The van der Waals surface area contributed by atoms with Gasteiger partial charge in [-0.05, 0) is 46.3 Å². The Labute approximate surface area is 126 Å². The molecule has 0 saturated heterocycles. The number of rotatable bonds is 4. The fourth-order valence-corrected chi connectivity index (χ4v) is 1.87. The van der Waals surface area contributed by atoms with Gasteiger partial charge in [0, 0.05) is 16.2 Å². The van der Waals surface area contributed by atoms with Crippen LogP contribution in [0, 0.1) is 0 Å². The molecule has 112 valence electrons. The van der Waals surface area contributed by atoms with Crippen LogP contribution in [-0.2, 0) is 6.61 Å². The second kappa shape index (κ2) is 6.31. The molecule has 0 saturated carbocycles. The molecule has 0 bridgehead atoms. The average Bonchev–Trinajstić information content (AvgIpc) is 2.41. The first-order valence-electron chi connectivity index (χ1n) is 5.66. The number of benzene rings is 1. The molecule has 0 aliphatic heterocycles. The minimum absolute atomic E-state index is 0.171. The lowest BCUT2D eigenvalue weighted by Crippen LogP contribution is -2.16. The Morgan fingerprint density at radius 2 is 1.76 bits per heavy atom. The van der Waals surface area contributed by atoms with Crippen molar-refractivity contribution >= 4 is 15.9 Å². The zero-order valence-electron chi connectivity index (χ0n) is 10.4. The second-order valence-corrected chi connectivity index (χ2v) is 4.81. The van der Waals surface area contributed by atoms with Gasteiger partial charge in [0.2, 0.25) is 5.88 Å². The van der Waals surface area contributed by atoms with Crippen LogP contribution in [0.4, 0.5) is 13.2 Å². The summed E-state index contributed by atoms with van der Waals surface area (Å²) in [5.41, 5.74) is 0.444. The first kappa shape index (κ1) is 15.6. The van der Waals surface area contributed by atoms with Gasteiger partial charge in [-0.15, -0.1) is 13.2 Å². The summed E-state index contributed by atoms with van der Waals surface area (Å²) in [4.78, 5) is 3.99. The Morgan fingerprint density at radius 3 is 2.33 bits per heavy atom. The van der Waals surface area contributed by atoms with Gasteiger partial charge in [0.05, 0.1) is 6.61 Å². The first-order chi connectivity index (χ1) is 9.87. The van der Waals surface area contributed by atoms with Crippen molar-refractivity contribution in [2.45, 2.75) is 13.0 Å². The molecule has 0 spiro atoms. The standard InChI is InChI=1S/C13H9BrF3NO3/c14-9-5-8(7-19)12(18-6-9)20-10-1-3-11(4-2-10)21-13(15,16)17/h1-6,19H,7H2. The highest BCUT2D eigenvalue weighted by atomic mass is 79.9. The molecule has 21 heavy (non-hydrogen) atoms. The molecule has 0 unspecified atom stereocenters. The summed E-state index contributed by atoms with van der Waals surface area (Å²) in [5, 5.41) is 9.21. The lowest BCUT2D eigenvalue weighted by molar-refractivity contribution is -0.274. The Morgan fingerprint density at radius 1 is 1.14 bits per heavy atom. The van der Waals surface area contributed by atoms with Gasteiger partial charge in [-0.1, -0.05) is 0 Å². The maximum Gasteiger partial charge on any atom is 0.573 e. The van der Waals surface area contributed by atoms with Crippen molar-refractivity contribution in [2.24, 2.45) is 0 Å². The predicted molar refractivity (Wildman–Crippen MR) is 71.1 cm³/mol. The molecule has 1 N–H and O–H groups in total. The summed E-state index contributed by atoms with van der Waals surface area (Å²) in [6, 6.07) is 6.50. The van der Waals surface area contributed by atoms with Crippen molar-refractivity contribution in [1.82, 2.24) is 4.98 Å². The van der Waals surface area contributed by atoms with Crippen molar-refractivity contribution in [1.29, 1.82) is 0 Å². The zero-order chi connectivity index (χ0) is 15.5. The number of ether oxygens (including phenoxy) is 2. The maximum absolute atomic E-state index is 12.0. The molecule has 1 heterocycles. The summed E-state index contributed by atoms with van der Waals surface area (Å²) < 4.78 is 45.9. The van der Waals surface area contributed by atoms with E-state index in [9.17, 15) is 18.3 Å². The average molecular weight is 364 g/mol. The van der Waals surface area contributed by atoms with Crippen molar-refractivity contribution in [3.8, 4) is 17.4 Å². The van der Waals surface area contributed by atoms with E-state index in [4.69, 9.17) is 4.74 Å². The molecular formula is C13H9BrF3NO3. The summed E-state index contributed by atoms with van der Waals surface area (Å²) in [7, 11) is 0. The normalized spacial score (nSPS) is 11.3. The fraction of sp³-hybridized carbons (Fsp3) is 0.154. The van der Waals surface area contributed by atoms with E-state index >= 15 is 0 Å². The topological polar surface area (TPSA) is 51.6 Å². The third-order valence-electron chi connectivity index (χ3n) is 2.33. The molecule has 2 aromatic rings. The van der Waals surface area contributed by atoms with Crippen LogP contribution in [0.2, 0.25) is 0 Å². The lowest BCUT2D eigenvalue weighted by atomic mass is 10.3. The van der Waals surface area contributed by atoms with Gasteiger partial charge in [0.25, 0.3) is 0 Å². The van der Waals surface area contributed by atoms with E-state index in [1.807, 2.05) is 0 Å². The largest absolute Gasteiger partial charge is 0.573 e. The molecule has 8 heteroatoms. The quantitative estimate of drug-likeness (QED) is 0.890. The minimum Gasteiger partial charge on any atom is -0.439 e. The summed E-state index contributed by atoms with van der Waals surface area (Å²) in [6.07, 6.45) is -3.25. The smallest absolute Gasteiger partial charge is 0.439 e. The fourth-order valence-electron chi connectivity index (χ4n) is 1.49. The van der Waals surface area contributed by atoms with Gasteiger partial charge in [0.15, 0.2) is 0 Å². The van der Waals surface area contributed by atoms with E-state index in [0.717, 1.165) is 12.1 Å². The van der Waals surface area contributed by atoms with Gasteiger partial charge >= 0.3 is 6.36 Å². The van der Waals surface area contributed by atoms with Crippen LogP contribution in [0.25, 0.3) is 0 Å². The van der Waals surface area contributed by atoms with Crippen LogP contribution in [-0.4, -0.2) is 16.5 Å². The van der Waals surface area contributed by atoms with Crippen molar-refractivity contribution < 1.29 is 27.8 Å². The number of alkyl halides is 3. The van der Waals surface area contributed by atoms with Crippen molar-refractivity contribution in [3.63, 3.8) is 0 Å². The van der Waals surface area contributed by atoms with Gasteiger partial charge in [-0.25, -0.2) is 4.98 Å². The van der Waals surface area contributed by atoms with Gasteiger partial charge in [-0.2, -0.15) is 0 Å². The minimum atomic E-state index is -4.74. The number of halogens is 4. The molecule has 0 radical (unpaired) electrons. The van der Waals surface area contributed by atoms with E-state index in [2.05, 4.69) is 25.7 Å². The van der Waals surface area contributed by atoms with Gasteiger partial charge in [-0.3, -0.25) is 0 Å². The summed E-state index contributed by atoms with van der Waals surface area (Å²) in [5.74, 6) is 0.0974. The third kappa shape index (κ3) is 4.61. The van der Waals surface area contributed by atoms with E-state index in [1.54, 1.807) is 6.07 Å². The van der Waals surface area contributed by atoms with Crippen LogP contribution in [0.3, 0.4) is 0 Å². The van der Waals surface area contributed by atoms with Crippen LogP contribution < -0.4 is 9.47 Å². The molecule has 1 aromatic carbocycles. The number of aliphatic hydroxyl groups excluding tert-OH is 1. The molecule has 0 atom stereocenters.